The Hall–Kier alpha value is -3.49. The second-order valence-electron chi connectivity index (χ2n) is 14.7. The van der Waals surface area contributed by atoms with Crippen LogP contribution in [0.2, 0.25) is 0 Å². The van der Waals surface area contributed by atoms with Gasteiger partial charge in [-0.3, -0.25) is 19.2 Å². The van der Waals surface area contributed by atoms with E-state index in [2.05, 4.69) is 0 Å². The number of aliphatic hydroxyl groups is 3. The first-order valence-corrected chi connectivity index (χ1v) is 15.8. The first-order valence-electron chi connectivity index (χ1n) is 15.8. The normalized spacial score (nSPS) is 46.7. The van der Waals surface area contributed by atoms with E-state index in [1.165, 1.54) is 26.4 Å². The molecule has 14 nitrogen and oxygen atoms in total. The largest absolute Gasteiger partial charge is 0.472 e. The number of carbonyl (C=O) groups excluding carboxylic acids is 5. The molecule has 4 aliphatic carbocycles. The summed E-state index contributed by atoms with van der Waals surface area (Å²) in [6.07, 6.45) is -4.71. The highest BCUT2D eigenvalue weighted by atomic mass is 16.6. The van der Waals surface area contributed by atoms with Crippen molar-refractivity contribution in [1.29, 1.82) is 0 Å². The number of aliphatic hydroxyl groups excluding tert-OH is 1. The predicted molar refractivity (Wildman–Crippen MR) is 154 cm³/mol. The van der Waals surface area contributed by atoms with E-state index < -0.39 is 118 Å². The van der Waals surface area contributed by atoms with E-state index in [-0.39, 0.29) is 12.8 Å². The van der Waals surface area contributed by atoms with E-state index in [9.17, 15) is 39.3 Å². The number of fused-ring (bicyclic) bond motifs is 5. The Bertz CT molecular complexity index is 1510. The summed E-state index contributed by atoms with van der Waals surface area (Å²) >= 11 is 0. The van der Waals surface area contributed by atoms with Gasteiger partial charge in [-0.1, -0.05) is 20.8 Å². The molecular formula is C33H42O14. The van der Waals surface area contributed by atoms with Gasteiger partial charge in [-0.05, 0) is 18.9 Å². The summed E-state index contributed by atoms with van der Waals surface area (Å²) in [5, 5.41) is 38.1. The van der Waals surface area contributed by atoms with Gasteiger partial charge in [0.2, 0.25) is 0 Å². The second kappa shape index (κ2) is 10.5. The number of ether oxygens (including phenoxy) is 5. The minimum Gasteiger partial charge on any atom is -0.472 e. The van der Waals surface area contributed by atoms with Crippen LogP contribution in [0.25, 0.3) is 0 Å². The van der Waals surface area contributed by atoms with Crippen molar-refractivity contribution < 1.29 is 67.4 Å². The highest BCUT2D eigenvalue weighted by molar-refractivity contribution is 5.76. The zero-order chi connectivity index (χ0) is 34.6. The van der Waals surface area contributed by atoms with Crippen molar-refractivity contribution in [2.45, 2.75) is 103 Å². The van der Waals surface area contributed by atoms with Crippen LogP contribution in [0.4, 0.5) is 0 Å². The molecule has 258 valence electrons. The van der Waals surface area contributed by atoms with E-state index in [1.807, 2.05) is 0 Å². The molecule has 5 fully saturated rings. The highest BCUT2D eigenvalue weighted by Gasteiger charge is 2.90. The Morgan fingerprint density at radius 1 is 0.957 bits per heavy atom. The van der Waals surface area contributed by atoms with Crippen LogP contribution in [0.3, 0.4) is 0 Å². The van der Waals surface area contributed by atoms with Crippen molar-refractivity contribution in [3.8, 4) is 0 Å². The average Bonchev–Trinajstić information content (AvgIpc) is 3.62. The highest BCUT2D eigenvalue weighted by Crippen LogP contribution is 2.81. The molecule has 6 rings (SSSR count). The number of hydrogen-bond acceptors (Lipinski definition) is 14. The Morgan fingerprint density at radius 3 is 2.13 bits per heavy atom. The lowest BCUT2D eigenvalue weighted by atomic mass is 9.36. The van der Waals surface area contributed by atoms with Gasteiger partial charge in [0.1, 0.15) is 30.0 Å². The molecule has 47 heavy (non-hydrogen) atoms. The van der Waals surface area contributed by atoms with Gasteiger partial charge in [0.25, 0.3) is 0 Å². The molecule has 14 atom stereocenters. The summed E-state index contributed by atoms with van der Waals surface area (Å²) in [5.74, 6) is -8.67. The van der Waals surface area contributed by atoms with Gasteiger partial charge in [0, 0.05) is 54.9 Å². The van der Waals surface area contributed by atoms with Crippen LogP contribution in [0, 0.1) is 39.9 Å². The summed E-state index contributed by atoms with van der Waals surface area (Å²) in [4.78, 5) is 64.7. The molecule has 2 bridgehead atoms. The first kappa shape index (κ1) is 33.4. The molecule has 3 N–H and O–H groups in total. The van der Waals surface area contributed by atoms with Crippen LogP contribution in [-0.2, 0) is 47.7 Å². The third-order valence-corrected chi connectivity index (χ3v) is 12.7. The van der Waals surface area contributed by atoms with Gasteiger partial charge in [-0.15, -0.1) is 0 Å². The molecule has 0 amide bonds. The molecule has 1 aromatic heterocycles. The topological polar surface area (TPSA) is 205 Å². The number of furan rings is 1. The molecule has 4 saturated carbocycles. The number of rotatable bonds is 6. The van der Waals surface area contributed by atoms with E-state index in [0.29, 0.717) is 5.56 Å². The fourth-order valence-corrected chi connectivity index (χ4v) is 11.3. The Balaban J connectivity index is 1.66. The first-order chi connectivity index (χ1) is 21.8. The van der Waals surface area contributed by atoms with Gasteiger partial charge in [-0.2, -0.15) is 0 Å². The van der Waals surface area contributed by atoms with Crippen LogP contribution < -0.4 is 0 Å². The Morgan fingerprint density at radius 2 is 1.57 bits per heavy atom. The van der Waals surface area contributed by atoms with Gasteiger partial charge >= 0.3 is 29.8 Å². The van der Waals surface area contributed by atoms with Gasteiger partial charge in [0.15, 0.2) is 6.10 Å². The summed E-state index contributed by atoms with van der Waals surface area (Å²) in [6.45, 7) is 8.55. The summed E-state index contributed by atoms with van der Waals surface area (Å²) in [6, 6.07) is 1.59. The maximum Gasteiger partial charge on any atom is 0.335 e. The van der Waals surface area contributed by atoms with E-state index in [0.717, 1.165) is 14.0 Å². The van der Waals surface area contributed by atoms with Crippen molar-refractivity contribution >= 4 is 29.8 Å². The molecule has 5 aliphatic rings. The number of methoxy groups -OCH3 is 1. The fraction of sp³-hybridized carbons (Fsp3) is 0.727. The van der Waals surface area contributed by atoms with Crippen molar-refractivity contribution in [3.63, 3.8) is 0 Å². The standard InChI is InChI=1S/C33H42O14/c1-14(34)44-20-10-19-31(6)24(23(38)28(39)42-7)29(4)13-32(31,40)22(26(29)45-15(2)35)27(46-16(3)36)33(19,41)18-11-21(37)47-25(30(18,20)5)17-8-9-43-12-17/h8-9,12,18-20,22-27,38,40-41H,10-11,13H2,1-7H3/t18-,19-,20+,22-,23-,24+,25+,26-,27-,29-,30+,31-,32+,33+/m1/s1. The Kier molecular flexibility index (Phi) is 7.47. The van der Waals surface area contributed by atoms with Crippen molar-refractivity contribution in [2.75, 3.05) is 7.11 Å². The van der Waals surface area contributed by atoms with Crippen molar-refractivity contribution in [3.05, 3.63) is 24.2 Å². The smallest absolute Gasteiger partial charge is 0.335 e. The van der Waals surface area contributed by atoms with Crippen molar-refractivity contribution in [1.82, 2.24) is 0 Å². The van der Waals surface area contributed by atoms with E-state index in [4.69, 9.17) is 28.1 Å². The maximum atomic E-state index is 13.5. The number of hydrogen-bond donors (Lipinski definition) is 3. The molecule has 0 spiro atoms. The molecule has 1 aromatic rings. The van der Waals surface area contributed by atoms with Crippen LogP contribution in [0.1, 0.15) is 72.5 Å². The lowest BCUT2D eigenvalue weighted by Crippen LogP contribution is -2.83. The molecule has 1 saturated heterocycles. The predicted octanol–water partition coefficient (Wildman–Crippen LogP) is 1.38. The number of carbonyl (C=O) groups is 5. The molecule has 0 aromatic carbocycles. The third-order valence-electron chi connectivity index (χ3n) is 12.7. The molecular weight excluding hydrogens is 620 g/mol. The Labute approximate surface area is 271 Å². The molecule has 0 radical (unpaired) electrons. The number of cyclic esters (lactones) is 1. The SMILES string of the molecule is COC(=O)[C@H](O)[C@H]1[C@@]2(C)C[C@]3(O)[C@H]([C@H]2OC(C)=O)[C@@H](OC(C)=O)[C@]2(O)[C@@H]4CC(=O)O[C@@H](c5ccoc5)[C@]4(C)[C@@H](OC(C)=O)C[C@@H]2[C@]13C. The third kappa shape index (κ3) is 4.10. The van der Waals surface area contributed by atoms with Gasteiger partial charge < -0.3 is 43.4 Å². The molecule has 2 heterocycles. The average molecular weight is 663 g/mol. The maximum absolute atomic E-state index is 13.5. The molecule has 0 unspecified atom stereocenters. The summed E-state index contributed by atoms with van der Waals surface area (Å²) in [5.41, 5.74) is -7.92. The second-order valence-corrected chi connectivity index (χ2v) is 14.7. The molecule has 1 aliphatic heterocycles. The summed E-state index contributed by atoms with van der Waals surface area (Å²) < 4.78 is 34.0. The van der Waals surface area contributed by atoms with Crippen LogP contribution >= 0.6 is 0 Å². The minimum atomic E-state index is -2.19. The van der Waals surface area contributed by atoms with E-state index >= 15 is 0 Å². The molecule has 14 heteroatoms. The van der Waals surface area contributed by atoms with Gasteiger partial charge in [0.05, 0.1) is 43.0 Å². The van der Waals surface area contributed by atoms with Crippen molar-refractivity contribution in [2.24, 2.45) is 39.9 Å². The minimum absolute atomic E-state index is 0.109. The quantitative estimate of drug-likeness (QED) is 0.291. The zero-order valence-electron chi connectivity index (χ0n) is 27.4. The van der Waals surface area contributed by atoms with E-state index in [1.54, 1.807) is 26.8 Å². The fourth-order valence-electron chi connectivity index (χ4n) is 11.3. The monoisotopic (exact) mass is 662 g/mol. The lowest BCUT2D eigenvalue weighted by molar-refractivity contribution is -0.368. The summed E-state index contributed by atoms with van der Waals surface area (Å²) in [7, 11) is 1.10. The van der Waals surface area contributed by atoms with Crippen LogP contribution in [0.15, 0.2) is 23.0 Å². The number of esters is 5. The van der Waals surface area contributed by atoms with Crippen LogP contribution in [-0.4, -0.2) is 87.9 Å². The van der Waals surface area contributed by atoms with Gasteiger partial charge in [-0.25, -0.2) is 4.79 Å². The van der Waals surface area contributed by atoms with Crippen LogP contribution in [0.5, 0.6) is 0 Å². The zero-order valence-corrected chi connectivity index (χ0v) is 27.4. The lowest BCUT2D eigenvalue weighted by Gasteiger charge is -2.72.